The molecule has 0 spiro atoms. The third-order valence-corrected chi connectivity index (χ3v) is 4.53. The molecule has 0 saturated carbocycles. The zero-order chi connectivity index (χ0) is 11.8. The minimum absolute atomic E-state index is 0.532. The number of nitrogen functional groups attached to an aromatic ring is 1. The van der Waals surface area contributed by atoms with Crippen LogP contribution in [0.4, 0.5) is 11.4 Å². The Kier molecular flexibility index (Phi) is 3.15. The van der Waals surface area contributed by atoms with Crippen LogP contribution in [0.2, 0.25) is 0 Å². The van der Waals surface area contributed by atoms with Crippen molar-refractivity contribution < 1.29 is 0 Å². The maximum atomic E-state index is 5.83. The number of nitrogens with zero attached hydrogens (tertiary/aromatic N) is 1. The van der Waals surface area contributed by atoms with E-state index < -0.39 is 0 Å². The van der Waals surface area contributed by atoms with Crippen molar-refractivity contribution in [2.45, 2.75) is 26.7 Å². The second-order valence-corrected chi connectivity index (χ2v) is 5.63. The van der Waals surface area contributed by atoms with Gasteiger partial charge in [0.15, 0.2) is 0 Å². The summed E-state index contributed by atoms with van der Waals surface area (Å²) in [7, 11) is 0. The lowest BCUT2D eigenvalue weighted by Crippen LogP contribution is -2.56. The van der Waals surface area contributed by atoms with Gasteiger partial charge in [0, 0.05) is 28.7 Å². The third kappa shape index (κ3) is 1.93. The average molecular weight is 283 g/mol. The first-order valence-corrected chi connectivity index (χ1v) is 6.69. The van der Waals surface area contributed by atoms with E-state index >= 15 is 0 Å². The smallest absolute Gasteiger partial charge is 0.0531 e. The van der Waals surface area contributed by atoms with Gasteiger partial charge in [-0.05, 0) is 47.0 Å². The molecule has 1 aliphatic rings. The normalized spacial score (nSPS) is 18.3. The lowest BCUT2D eigenvalue weighted by molar-refractivity contribution is 0.194. The number of rotatable bonds is 3. The van der Waals surface area contributed by atoms with Gasteiger partial charge in [-0.15, -0.1) is 0 Å². The summed E-state index contributed by atoms with van der Waals surface area (Å²) in [4.78, 5) is 2.41. The van der Waals surface area contributed by atoms with Crippen molar-refractivity contribution in [3.05, 3.63) is 22.7 Å². The molecule has 1 fully saturated rings. The third-order valence-electron chi connectivity index (χ3n) is 3.86. The van der Waals surface area contributed by atoms with E-state index in [1.807, 2.05) is 12.1 Å². The fourth-order valence-electron chi connectivity index (χ4n) is 2.40. The summed E-state index contributed by atoms with van der Waals surface area (Å²) in [5.74, 6) is 0. The molecule has 1 aromatic carbocycles. The maximum Gasteiger partial charge on any atom is 0.0531 e. The van der Waals surface area contributed by atoms with Gasteiger partial charge < -0.3 is 10.6 Å². The molecule has 3 heteroatoms. The van der Waals surface area contributed by atoms with E-state index in [0.29, 0.717) is 5.41 Å². The van der Waals surface area contributed by atoms with E-state index in [-0.39, 0.29) is 0 Å². The first kappa shape index (κ1) is 11.8. The highest BCUT2D eigenvalue weighted by Gasteiger charge is 2.40. The van der Waals surface area contributed by atoms with Gasteiger partial charge in [0.05, 0.1) is 5.69 Å². The van der Waals surface area contributed by atoms with Crippen LogP contribution >= 0.6 is 15.9 Å². The van der Waals surface area contributed by atoms with Gasteiger partial charge in [0.2, 0.25) is 0 Å². The zero-order valence-electron chi connectivity index (χ0n) is 9.96. The molecule has 0 aliphatic carbocycles. The molecule has 2 N–H and O–H groups in total. The number of halogens is 1. The predicted octanol–water partition coefficient (Wildman–Crippen LogP) is 3.66. The lowest BCUT2D eigenvalue weighted by atomic mass is 9.75. The highest BCUT2D eigenvalue weighted by Crippen LogP contribution is 2.42. The van der Waals surface area contributed by atoms with E-state index in [4.69, 9.17) is 5.73 Å². The SMILES string of the molecule is CCC1(CC)CN(c2cc(N)ccc2Br)C1. The summed E-state index contributed by atoms with van der Waals surface area (Å²) in [5, 5.41) is 0. The largest absolute Gasteiger partial charge is 0.399 e. The van der Waals surface area contributed by atoms with E-state index in [1.165, 1.54) is 18.5 Å². The fraction of sp³-hybridized carbons (Fsp3) is 0.538. The van der Waals surface area contributed by atoms with Crippen LogP contribution in [-0.4, -0.2) is 13.1 Å². The van der Waals surface area contributed by atoms with Gasteiger partial charge in [0.1, 0.15) is 0 Å². The summed E-state index contributed by atoms with van der Waals surface area (Å²) in [6.45, 7) is 6.88. The van der Waals surface area contributed by atoms with Crippen LogP contribution in [0.3, 0.4) is 0 Å². The van der Waals surface area contributed by atoms with Crippen LogP contribution in [0.5, 0.6) is 0 Å². The molecule has 0 aromatic heterocycles. The highest BCUT2D eigenvalue weighted by molar-refractivity contribution is 9.10. The summed E-state index contributed by atoms with van der Waals surface area (Å²) in [6.07, 6.45) is 2.53. The highest BCUT2D eigenvalue weighted by atomic mass is 79.9. The van der Waals surface area contributed by atoms with Crippen molar-refractivity contribution in [2.24, 2.45) is 5.41 Å². The van der Waals surface area contributed by atoms with E-state index in [2.05, 4.69) is 40.7 Å². The molecule has 1 aliphatic heterocycles. The monoisotopic (exact) mass is 282 g/mol. The van der Waals surface area contributed by atoms with Crippen molar-refractivity contribution in [1.82, 2.24) is 0 Å². The lowest BCUT2D eigenvalue weighted by Gasteiger charge is -2.51. The van der Waals surface area contributed by atoms with Crippen LogP contribution in [0.1, 0.15) is 26.7 Å². The fourth-order valence-corrected chi connectivity index (χ4v) is 2.90. The summed E-state index contributed by atoms with van der Waals surface area (Å²) in [6, 6.07) is 6.02. The second-order valence-electron chi connectivity index (χ2n) is 4.77. The van der Waals surface area contributed by atoms with Crippen molar-refractivity contribution in [3.8, 4) is 0 Å². The van der Waals surface area contributed by atoms with Gasteiger partial charge in [-0.25, -0.2) is 0 Å². The van der Waals surface area contributed by atoms with Crippen molar-refractivity contribution >= 4 is 27.3 Å². The van der Waals surface area contributed by atoms with Gasteiger partial charge in [-0.3, -0.25) is 0 Å². The Morgan fingerprint density at radius 3 is 2.50 bits per heavy atom. The second kappa shape index (κ2) is 4.28. The molecule has 16 heavy (non-hydrogen) atoms. The van der Waals surface area contributed by atoms with Gasteiger partial charge in [-0.2, -0.15) is 0 Å². The number of benzene rings is 1. The van der Waals surface area contributed by atoms with Gasteiger partial charge in [0.25, 0.3) is 0 Å². The van der Waals surface area contributed by atoms with Crippen molar-refractivity contribution in [1.29, 1.82) is 0 Å². The van der Waals surface area contributed by atoms with Gasteiger partial charge >= 0.3 is 0 Å². The van der Waals surface area contributed by atoms with E-state index in [1.54, 1.807) is 0 Å². The number of anilines is 2. The van der Waals surface area contributed by atoms with Crippen LogP contribution in [-0.2, 0) is 0 Å². The molecule has 1 saturated heterocycles. The standard InChI is InChI=1S/C13H19BrN2/c1-3-13(4-2)8-16(9-13)12-7-10(15)5-6-11(12)14/h5-7H,3-4,8-9,15H2,1-2H3. The van der Waals surface area contributed by atoms with Crippen LogP contribution < -0.4 is 10.6 Å². The molecule has 1 heterocycles. The van der Waals surface area contributed by atoms with E-state index in [9.17, 15) is 0 Å². The van der Waals surface area contributed by atoms with Crippen LogP contribution in [0.15, 0.2) is 22.7 Å². The molecule has 0 amide bonds. The molecule has 0 atom stereocenters. The van der Waals surface area contributed by atoms with Crippen molar-refractivity contribution in [3.63, 3.8) is 0 Å². The summed E-state index contributed by atoms with van der Waals surface area (Å²) >= 11 is 3.59. The molecule has 0 radical (unpaired) electrons. The van der Waals surface area contributed by atoms with Crippen LogP contribution in [0, 0.1) is 5.41 Å². The van der Waals surface area contributed by atoms with E-state index in [0.717, 1.165) is 23.2 Å². The minimum atomic E-state index is 0.532. The zero-order valence-corrected chi connectivity index (χ0v) is 11.5. The Morgan fingerprint density at radius 1 is 1.31 bits per heavy atom. The molecule has 2 nitrogen and oxygen atoms in total. The maximum absolute atomic E-state index is 5.83. The topological polar surface area (TPSA) is 29.3 Å². The van der Waals surface area contributed by atoms with Crippen molar-refractivity contribution in [2.75, 3.05) is 23.7 Å². The Labute approximate surface area is 106 Å². The molecule has 0 bridgehead atoms. The molecular formula is C13H19BrN2. The Balaban J connectivity index is 2.14. The minimum Gasteiger partial charge on any atom is -0.399 e. The molecule has 88 valence electrons. The molecule has 2 rings (SSSR count). The van der Waals surface area contributed by atoms with Gasteiger partial charge in [-0.1, -0.05) is 13.8 Å². The predicted molar refractivity (Wildman–Crippen MR) is 73.8 cm³/mol. The number of hydrogen-bond donors (Lipinski definition) is 1. The quantitative estimate of drug-likeness (QED) is 0.858. The Bertz CT molecular complexity index is 378. The first-order valence-electron chi connectivity index (χ1n) is 5.90. The summed E-state index contributed by atoms with van der Waals surface area (Å²) < 4.78 is 1.14. The summed E-state index contributed by atoms with van der Waals surface area (Å²) in [5.41, 5.74) is 8.43. The number of nitrogens with two attached hydrogens (primary N) is 1. The molecule has 1 aromatic rings. The number of hydrogen-bond acceptors (Lipinski definition) is 2. The molecule has 0 unspecified atom stereocenters. The van der Waals surface area contributed by atoms with Crippen LogP contribution in [0.25, 0.3) is 0 Å². The Morgan fingerprint density at radius 2 is 1.94 bits per heavy atom. The molecular weight excluding hydrogens is 264 g/mol. The average Bonchev–Trinajstić information content (AvgIpc) is 2.23. The Hall–Kier alpha value is -0.700. The first-order chi connectivity index (χ1) is 7.60.